The molecule has 1 amide bonds. The first-order valence-corrected chi connectivity index (χ1v) is 9.70. The number of amides is 1. The van der Waals surface area contributed by atoms with Gasteiger partial charge in [-0.15, -0.1) is 11.3 Å². The van der Waals surface area contributed by atoms with E-state index in [-0.39, 0.29) is 36.7 Å². The maximum absolute atomic E-state index is 13.0. The molecule has 1 aromatic carbocycles. The molecule has 3 rings (SSSR count). The van der Waals surface area contributed by atoms with Gasteiger partial charge in [0.15, 0.2) is 0 Å². The molecule has 1 aliphatic carbocycles. The van der Waals surface area contributed by atoms with Crippen molar-refractivity contribution < 1.29 is 35.9 Å². The molecular formula is C19H16F6N2O2S. The Bertz CT molecular complexity index is 950. The minimum atomic E-state index is -4.97. The van der Waals surface area contributed by atoms with Crippen molar-refractivity contribution in [2.75, 3.05) is 0 Å². The van der Waals surface area contributed by atoms with E-state index in [4.69, 9.17) is 0 Å². The Morgan fingerprint density at radius 1 is 1.13 bits per heavy atom. The van der Waals surface area contributed by atoms with E-state index < -0.39 is 41.3 Å². The van der Waals surface area contributed by atoms with Crippen LogP contribution in [0.2, 0.25) is 0 Å². The Kier molecular flexibility index (Phi) is 5.70. The highest BCUT2D eigenvalue weighted by atomic mass is 32.1. The highest BCUT2D eigenvalue weighted by Crippen LogP contribution is 2.40. The summed E-state index contributed by atoms with van der Waals surface area (Å²) in [5.41, 5.74) is -4.14. The van der Waals surface area contributed by atoms with Crippen molar-refractivity contribution in [3.8, 4) is 0 Å². The first kappa shape index (κ1) is 22.3. The van der Waals surface area contributed by atoms with E-state index in [1.807, 2.05) is 0 Å². The van der Waals surface area contributed by atoms with Gasteiger partial charge in [0.25, 0.3) is 0 Å². The normalized spacial score (nSPS) is 19.9. The molecule has 0 radical (unpaired) electrons. The molecule has 162 valence electrons. The summed E-state index contributed by atoms with van der Waals surface area (Å²) in [4.78, 5) is 29.1. The molecule has 1 aliphatic rings. The van der Waals surface area contributed by atoms with Crippen molar-refractivity contribution >= 4 is 23.0 Å². The largest absolute Gasteiger partial charge is 0.416 e. The molecule has 1 fully saturated rings. The second-order valence-corrected chi connectivity index (χ2v) is 8.21. The second kappa shape index (κ2) is 7.68. The number of halogens is 6. The van der Waals surface area contributed by atoms with E-state index in [9.17, 15) is 35.9 Å². The number of thiazole rings is 1. The van der Waals surface area contributed by atoms with Crippen molar-refractivity contribution in [1.82, 2.24) is 10.3 Å². The molecule has 0 saturated heterocycles. The quantitative estimate of drug-likeness (QED) is 0.681. The number of ketones is 1. The van der Waals surface area contributed by atoms with Gasteiger partial charge in [-0.2, -0.15) is 26.3 Å². The third kappa shape index (κ3) is 4.50. The predicted molar refractivity (Wildman–Crippen MR) is 95.7 cm³/mol. The number of aryl methyl sites for hydroxylation is 1. The van der Waals surface area contributed by atoms with E-state index in [1.54, 1.807) is 12.3 Å². The first-order valence-electron chi connectivity index (χ1n) is 8.82. The van der Waals surface area contributed by atoms with Crippen LogP contribution >= 0.6 is 11.3 Å². The third-order valence-electron chi connectivity index (χ3n) is 4.97. The Morgan fingerprint density at radius 3 is 2.17 bits per heavy atom. The Balaban J connectivity index is 1.88. The first-order chi connectivity index (χ1) is 13.8. The van der Waals surface area contributed by atoms with E-state index in [1.165, 1.54) is 11.3 Å². The molecule has 4 nitrogen and oxygen atoms in total. The number of rotatable bonds is 4. The SMILES string of the molecule is Cc1nc(C2(C(=O)NCc3cc(C(F)(F)F)cc(C(F)(F)F)c3)CCC(=O)C2)cs1. The van der Waals surface area contributed by atoms with Crippen LogP contribution < -0.4 is 5.32 Å². The van der Waals surface area contributed by atoms with Crippen LogP contribution in [0.25, 0.3) is 0 Å². The number of carbonyl (C=O) groups is 2. The molecule has 11 heteroatoms. The molecule has 1 unspecified atom stereocenters. The fourth-order valence-corrected chi connectivity index (χ4v) is 4.16. The summed E-state index contributed by atoms with van der Waals surface area (Å²) in [5, 5.41) is 4.72. The number of alkyl halides is 6. The van der Waals surface area contributed by atoms with Gasteiger partial charge in [-0.3, -0.25) is 9.59 Å². The maximum Gasteiger partial charge on any atom is 0.416 e. The van der Waals surface area contributed by atoms with Gasteiger partial charge in [0.2, 0.25) is 5.91 Å². The number of carbonyl (C=O) groups excluding carboxylic acids is 2. The van der Waals surface area contributed by atoms with Crippen LogP contribution in [0.3, 0.4) is 0 Å². The third-order valence-corrected chi connectivity index (χ3v) is 5.75. The van der Waals surface area contributed by atoms with Crippen LogP contribution in [0.5, 0.6) is 0 Å². The molecule has 1 N–H and O–H groups in total. The number of nitrogens with zero attached hydrogens (tertiary/aromatic N) is 1. The lowest BCUT2D eigenvalue weighted by atomic mass is 9.82. The van der Waals surface area contributed by atoms with Gasteiger partial charge < -0.3 is 5.32 Å². The molecule has 0 bridgehead atoms. The van der Waals surface area contributed by atoms with Crippen molar-refractivity contribution in [2.24, 2.45) is 0 Å². The number of Topliss-reactive ketones (excluding diaryl/α,β-unsaturated/α-hetero) is 1. The van der Waals surface area contributed by atoms with Gasteiger partial charge in [0.05, 0.1) is 27.2 Å². The standard InChI is InChI=1S/C19H16F6N2O2S/c1-10-27-15(9-30-10)17(3-2-14(28)7-17)16(29)26-8-11-4-12(18(20,21)22)6-13(5-11)19(23,24)25/h4-6,9H,2-3,7-8H2,1H3,(H,26,29). The molecule has 30 heavy (non-hydrogen) atoms. The van der Waals surface area contributed by atoms with Crippen molar-refractivity contribution in [3.05, 3.63) is 51.0 Å². The van der Waals surface area contributed by atoms with Crippen LogP contribution in [-0.4, -0.2) is 16.7 Å². The lowest BCUT2D eigenvalue weighted by Crippen LogP contribution is -2.43. The zero-order valence-electron chi connectivity index (χ0n) is 15.6. The van der Waals surface area contributed by atoms with Crippen molar-refractivity contribution in [1.29, 1.82) is 0 Å². The number of aromatic nitrogens is 1. The van der Waals surface area contributed by atoms with E-state index >= 15 is 0 Å². The average Bonchev–Trinajstić information content (AvgIpc) is 3.24. The zero-order valence-corrected chi connectivity index (χ0v) is 16.4. The Morgan fingerprint density at radius 2 is 1.73 bits per heavy atom. The lowest BCUT2D eigenvalue weighted by molar-refractivity contribution is -0.143. The average molecular weight is 450 g/mol. The summed E-state index contributed by atoms with van der Waals surface area (Å²) < 4.78 is 78.1. The number of hydrogen-bond acceptors (Lipinski definition) is 4. The summed E-state index contributed by atoms with van der Waals surface area (Å²) in [5.74, 6) is -0.807. The smallest absolute Gasteiger partial charge is 0.351 e. The molecule has 1 atom stereocenters. The van der Waals surface area contributed by atoms with Crippen LogP contribution in [0.4, 0.5) is 26.3 Å². The Hall–Kier alpha value is -2.43. The van der Waals surface area contributed by atoms with Crippen LogP contribution in [-0.2, 0) is 33.9 Å². The summed E-state index contributed by atoms with van der Waals surface area (Å²) in [6.07, 6.45) is -9.74. The van der Waals surface area contributed by atoms with E-state index in [2.05, 4.69) is 10.3 Å². The second-order valence-electron chi connectivity index (χ2n) is 7.15. The summed E-state index contributed by atoms with van der Waals surface area (Å²) in [6, 6.07) is 1.16. The highest BCUT2D eigenvalue weighted by Gasteiger charge is 2.48. The summed E-state index contributed by atoms with van der Waals surface area (Å²) in [6.45, 7) is 1.17. The minimum Gasteiger partial charge on any atom is -0.351 e. The lowest BCUT2D eigenvalue weighted by Gasteiger charge is -2.25. The zero-order chi connectivity index (χ0) is 22.3. The highest BCUT2D eigenvalue weighted by molar-refractivity contribution is 7.09. The molecule has 2 aromatic rings. The summed E-state index contributed by atoms with van der Waals surface area (Å²) >= 11 is 1.28. The van der Waals surface area contributed by atoms with Crippen LogP contribution in [0.1, 0.15) is 46.7 Å². The van der Waals surface area contributed by atoms with Crippen LogP contribution in [0.15, 0.2) is 23.6 Å². The molecule has 1 aromatic heterocycles. The van der Waals surface area contributed by atoms with Gasteiger partial charge in [-0.1, -0.05) is 0 Å². The van der Waals surface area contributed by atoms with E-state index in [0.717, 1.165) is 0 Å². The van der Waals surface area contributed by atoms with Gasteiger partial charge >= 0.3 is 12.4 Å². The fourth-order valence-electron chi connectivity index (χ4n) is 3.45. The van der Waals surface area contributed by atoms with Gasteiger partial charge in [0.1, 0.15) is 5.78 Å². The summed E-state index contributed by atoms with van der Waals surface area (Å²) in [7, 11) is 0. The monoisotopic (exact) mass is 450 g/mol. The maximum atomic E-state index is 13.0. The number of benzene rings is 1. The topological polar surface area (TPSA) is 59.1 Å². The van der Waals surface area contributed by atoms with Crippen LogP contribution in [0, 0.1) is 6.92 Å². The molecule has 0 aliphatic heterocycles. The van der Waals surface area contributed by atoms with Gasteiger partial charge in [-0.05, 0) is 37.1 Å². The molecular weight excluding hydrogens is 434 g/mol. The molecule has 0 spiro atoms. The van der Waals surface area contributed by atoms with Gasteiger partial charge in [-0.25, -0.2) is 4.98 Å². The Labute approximate surface area is 171 Å². The molecule has 1 heterocycles. The minimum absolute atomic E-state index is 0.0283. The van der Waals surface area contributed by atoms with E-state index in [0.29, 0.717) is 22.8 Å². The fraction of sp³-hybridized carbons (Fsp3) is 0.421. The molecule has 1 saturated carbocycles. The number of nitrogens with one attached hydrogen (secondary N) is 1. The number of hydrogen-bond donors (Lipinski definition) is 1. The van der Waals surface area contributed by atoms with Crippen molar-refractivity contribution in [3.63, 3.8) is 0 Å². The predicted octanol–water partition coefficient (Wildman–Crippen LogP) is 4.80. The van der Waals surface area contributed by atoms with Crippen molar-refractivity contribution in [2.45, 2.75) is 50.5 Å². The van der Waals surface area contributed by atoms with Gasteiger partial charge in [0, 0.05) is 24.8 Å².